The number of rotatable bonds is 6. The van der Waals surface area contributed by atoms with Crippen molar-refractivity contribution in [3.05, 3.63) is 22.3 Å². The van der Waals surface area contributed by atoms with Crippen LogP contribution < -0.4 is 39.4 Å². The first-order valence-corrected chi connectivity index (χ1v) is 10.5. The maximum absolute atomic E-state index is 12.8. The van der Waals surface area contributed by atoms with Gasteiger partial charge in [0, 0.05) is 22.6 Å². The molecule has 1 aromatic carbocycles. The maximum atomic E-state index is 12.8. The van der Waals surface area contributed by atoms with Gasteiger partial charge in [-0.2, -0.15) is 0 Å². The molecule has 6 nitrogen and oxygen atoms in total. The van der Waals surface area contributed by atoms with E-state index in [0.29, 0.717) is 44.0 Å². The second-order valence-corrected chi connectivity index (χ2v) is 8.49. The molecule has 132 valence electrons. The molecular formula is C15H15I3NNaO5. The number of nitrogens with zero attached hydrogens (tertiary/aromatic N) is 1. The zero-order chi connectivity index (χ0) is 17.7. The van der Waals surface area contributed by atoms with Gasteiger partial charge in [-0.15, -0.1) is 0 Å². The van der Waals surface area contributed by atoms with Gasteiger partial charge in [-0.05, 0) is 86.7 Å². The van der Waals surface area contributed by atoms with Gasteiger partial charge in [0.1, 0.15) is 5.75 Å². The van der Waals surface area contributed by atoms with Gasteiger partial charge < -0.3 is 24.3 Å². The van der Waals surface area contributed by atoms with Gasteiger partial charge >= 0.3 is 29.6 Å². The number of ether oxygens (including phenoxy) is 2. The molecule has 25 heavy (non-hydrogen) atoms. The Bertz CT molecular complexity index is 638. The molecule has 0 aromatic heterocycles. The zero-order valence-electron chi connectivity index (χ0n) is 13.6. The maximum Gasteiger partial charge on any atom is 1.00 e. The van der Waals surface area contributed by atoms with E-state index in [1.165, 1.54) is 0 Å². The molecule has 0 radical (unpaired) electrons. The number of morpholine rings is 1. The van der Waals surface area contributed by atoms with Crippen molar-refractivity contribution in [1.29, 1.82) is 0 Å². The van der Waals surface area contributed by atoms with Crippen molar-refractivity contribution in [3.63, 3.8) is 0 Å². The summed E-state index contributed by atoms with van der Waals surface area (Å²) >= 11 is 6.45. The number of aliphatic carboxylic acids is 1. The summed E-state index contributed by atoms with van der Waals surface area (Å²) in [6.07, 6.45) is 0.324. The third-order valence-corrected chi connectivity index (χ3v) is 6.09. The normalized spacial score (nSPS) is 14.0. The summed E-state index contributed by atoms with van der Waals surface area (Å²) in [5.74, 6) is -0.483. The molecule has 1 saturated heterocycles. The summed E-state index contributed by atoms with van der Waals surface area (Å²) < 4.78 is 13.6. The molecule has 0 unspecified atom stereocenters. The van der Waals surface area contributed by atoms with Crippen molar-refractivity contribution >= 4 is 79.6 Å². The summed E-state index contributed by atoms with van der Waals surface area (Å²) in [5, 5.41) is 10.5. The summed E-state index contributed by atoms with van der Waals surface area (Å²) in [7, 11) is 0. The van der Waals surface area contributed by atoms with Crippen LogP contribution in [-0.4, -0.2) is 49.7 Å². The third kappa shape index (κ3) is 6.89. The van der Waals surface area contributed by atoms with E-state index >= 15 is 0 Å². The molecule has 1 amide bonds. The van der Waals surface area contributed by atoms with Crippen LogP contribution in [-0.2, 0) is 9.53 Å². The minimum absolute atomic E-state index is 0. The number of carbonyl (C=O) groups excluding carboxylic acids is 2. The van der Waals surface area contributed by atoms with Gasteiger partial charge in [-0.25, -0.2) is 0 Å². The predicted molar refractivity (Wildman–Crippen MR) is 111 cm³/mol. The Morgan fingerprint density at radius 1 is 1.20 bits per heavy atom. The molecule has 0 atom stereocenters. The first-order valence-electron chi connectivity index (χ1n) is 7.29. The molecule has 1 fully saturated rings. The second-order valence-electron chi connectivity index (χ2n) is 5.09. The summed E-state index contributed by atoms with van der Waals surface area (Å²) in [6, 6.07) is 1.91. The van der Waals surface area contributed by atoms with Crippen LogP contribution in [0.15, 0.2) is 6.07 Å². The van der Waals surface area contributed by atoms with Crippen LogP contribution >= 0.6 is 67.8 Å². The number of benzene rings is 1. The van der Waals surface area contributed by atoms with Crippen LogP contribution in [0.3, 0.4) is 0 Å². The monoisotopic (exact) mass is 693 g/mol. The SMILES string of the molecule is O=C([O-])CCCOc1c(I)cc(I)c(C(=O)N2CCOCC2)c1I.[Na+]. The van der Waals surface area contributed by atoms with Crippen LogP contribution in [0.5, 0.6) is 5.75 Å². The molecule has 1 aliphatic rings. The Kier molecular flexibility index (Phi) is 11.4. The van der Waals surface area contributed by atoms with E-state index < -0.39 is 5.97 Å². The van der Waals surface area contributed by atoms with Gasteiger partial charge in [0.2, 0.25) is 0 Å². The fourth-order valence-corrected chi connectivity index (χ4v) is 6.36. The number of amides is 1. The minimum atomic E-state index is -1.09. The number of hydrogen-bond donors (Lipinski definition) is 0. The van der Waals surface area contributed by atoms with E-state index in [1.54, 1.807) is 4.90 Å². The first kappa shape index (κ1) is 24.1. The van der Waals surface area contributed by atoms with Gasteiger partial charge in [0.15, 0.2) is 0 Å². The van der Waals surface area contributed by atoms with E-state index in [0.717, 1.165) is 10.7 Å². The summed E-state index contributed by atoms with van der Waals surface area (Å²) in [5.41, 5.74) is 0.633. The Morgan fingerprint density at radius 2 is 1.84 bits per heavy atom. The molecule has 0 N–H and O–H groups in total. The number of halogens is 3. The molecular weight excluding hydrogens is 678 g/mol. The number of hydrogen-bond acceptors (Lipinski definition) is 5. The van der Waals surface area contributed by atoms with E-state index in [2.05, 4.69) is 67.8 Å². The van der Waals surface area contributed by atoms with Crippen molar-refractivity contribution in [2.75, 3.05) is 32.9 Å². The van der Waals surface area contributed by atoms with Crippen LogP contribution in [0.2, 0.25) is 0 Å². The molecule has 1 aliphatic heterocycles. The Morgan fingerprint density at radius 3 is 2.44 bits per heavy atom. The quantitative estimate of drug-likeness (QED) is 0.215. The number of carbonyl (C=O) groups is 2. The molecule has 1 heterocycles. The smallest absolute Gasteiger partial charge is 0.550 e. The van der Waals surface area contributed by atoms with E-state index in [9.17, 15) is 14.7 Å². The van der Waals surface area contributed by atoms with Crippen LogP contribution in [0.4, 0.5) is 0 Å². The molecule has 0 spiro atoms. The minimum Gasteiger partial charge on any atom is -0.550 e. The van der Waals surface area contributed by atoms with E-state index in [1.807, 2.05) is 6.07 Å². The van der Waals surface area contributed by atoms with Gasteiger partial charge in [-0.3, -0.25) is 4.79 Å². The predicted octanol–water partition coefficient (Wildman–Crippen LogP) is -1.11. The van der Waals surface area contributed by atoms with E-state index in [-0.39, 0.29) is 48.5 Å². The molecule has 0 aliphatic carbocycles. The molecule has 1 aromatic rings. The Hall–Kier alpha value is 1.11. The Balaban J connectivity index is 0.00000312. The first-order chi connectivity index (χ1) is 11.4. The van der Waals surface area contributed by atoms with Crippen molar-refractivity contribution in [1.82, 2.24) is 4.90 Å². The largest absolute Gasteiger partial charge is 1.00 e. The fourth-order valence-electron chi connectivity index (χ4n) is 2.22. The summed E-state index contributed by atoms with van der Waals surface area (Å²) in [6.45, 7) is 2.54. The topological polar surface area (TPSA) is 78.9 Å². The fraction of sp³-hybridized carbons (Fsp3) is 0.467. The molecule has 0 bridgehead atoms. The van der Waals surface area contributed by atoms with Gasteiger partial charge in [0.05, 0.1) is 32.5 Å². The zero-order valence-corrected chi connectivity index (χ0v) is 22.1. The second kappa shape index (κ2) is 11.8. The molecule has 2 rings (SSSR count). The van der Waals surface area contributed by atoms with Crippen LogP contribution in [0, 0.1) is 10.7 Å². The number of carboxylic acids is 1. The third-order valence-electron chi connectivity index (χ3n) is 3.41. The van der Waals surface area contributed by atoms with Crippen molar-refractivity contribution < 1.29 is 53.7 Å². The van der Waals surface area contributed by atoms with Gasteiger partial charge in [-0.1, -0.05) is 0 Å². The summed E-state index contributed by atoms with van der Waals surface area (Å²) in [4.78, 5) is 25.1. The van der Waals surface area contributed by atoms with Crippen molar-refractivity contribution in [2.45, 2.75) is 12.8 Å². The standard InChI is InChI=1S/C15H16I3NO5.Na/c16-9-8-10(17)14(24-5-1-2-11(20)21)13(18)12(9)15(22)19-3-6-23-7-4-19;/h8H,1-7H2,(H,20,21);/q;+1/p-1. The Labute approximate surface area is 209 Å². The van der Waals surface area contributed by atoms with Gasteiger partial charge in [0.25, 0.3) is 5.91 Å². The average Bonchev–Trinajstić information content (AvgIpc) is 2.54. The van der Waals surface area contributed by atoms with Crippen molar-refractivity contribution in [2.24, 2.45) is 0 Å². The molecule has 10 heteroatoms. The van der Waals surface area contributed by atoms with Crippen LogP contribution in [0.1, 0.15) is 23.2 Å². The molecule has 0 saturated carbocycles. The number of carboxylic acid groups (broad SMARTS) is 1. The average molecular weight is 693 g/mol. The van der Waals surface area contributed by atoms with Crippen molar-refractivity contribution in [3.8, 4) is 5.75 Å². The van der Waals surface area contributed by atoms with E-state index in [4.69, 9.17) is 9.47 Å². The van der Waals surface area contributed by atoms with Crippen LogP contribution in [0.25, 0.3) is 0 Å².